The molecule has 2 nitrogen and oxygen atoms in total. The smallest absolute Gasteiger partial charge is 0.115 e. The molecule has 2 saturated carbocycles. The zero-order valence-electron chi connectivity index (χ0n) is 11.7. The first-order valence-corrected chi connectivity index (χ1v) is 7.65. The molecule has 19 heavy (non-hydrogen) atoms. The highest BCUT2D eigenvalue weighted by molar-refractivity contribution is 5.45. The number of fused-ring (bicyclic) bond motifs is 3. The van der Waals surface area contributed by atoms with E-state index in [9.17, 15) is 5.11 Å². The Bertz CT molecular complexity index is 540. The van der Waals surface area contributed by atoms with Gasteiger partial charge in [0.2, 0.25) is 0 Å². The fourth-order valence-electron chi connectivity index (χ4n) is 5.56. The molecule has 0 amide bonds. The molecular weight excluding hydrogens is 234 g/mol. The molecule has 3 aliphatic rings. The fraction of sp³-hybridized carbons (Fsp3) is 0.647. The maximum absolute atomic E-state index is 9.89. The second-order valence-electron chi connectivity index (χ2n) is 7.19. The molecule has 0 aliphatic heterocycles. The molecule has 1 aromatic rings. The Labute approximate surface area is 115 Å². The van der Waals surface area contributed by atoms with Crippen LogP contribution < -0.4 is 5.73 Å². The van der Waals surface area contributed by atoms with Crippen molar-refractivity contribution in [3.8, 4) is 5.75 Å². The summed E-state index contributed by atoms with van der Waals surface area (Å²) in [4.78, 5) is 0. The summed E-state index contributed by atoms with van der Waals surface area (Å²) >= 11 is 0. The van der Waals surface area contributed by atoms with Gasteiger partial charge in [-0.1, -0.05) is 13.0 Å². The first kappa shape index (κ1) is 11.8. The first-order valence-electron chi connectivity index (χ1n) is 7.65. The number of phenolic OH excluding ortho intramolecular Hbond substituents is 1. The largest absolute Gasteiger partial charge is 0.508 e. The fourth-order valence-corrected chi connectivity index (χ4v) is 5.56. The number of aryl methyl sites for hydroxylation is 1. The highest BCUT2D eigenvalue weighted by Crippen LogP contribution is 2.65. The third kappa shape index (κ3) is 1.26. The average Bonchev–Trinajstić information content (AvgIpc) is 2.62. The summed E-state index contributed by atoms with van der Waals surface area (Å²) in [5.41, 5.74) is 9.93. The number of phenols is 1. The van der Waals surface area contributed by atoms with Crippen molar-refractivity contribution in [2.45, 2.75) is 56.9 Å². The summed E-state index contributed by atoms with van der Waals surface area (Å²) in [7, 11) is 0. The second kappa shape index (κ2) is 3.54. The number of nitrogens with two attached hydrogens (primary N) is 1. The van der Waals surface area contributed by atoms with Crippen molar-refractivity contribution in [1.82, 2.24) is 0 Å². The molecule has 3 aliphatic carbocycles. The van der Waals surface area contributed by atoms with E-state index >= 15 is 0 Å². The quantitative estimate of drug-likeness (QED) is 0.750. The molecular formula is C17H23NO. The standard InChI is InChI=1S/C17H23NO/c1-16-7-4-12-6-9-17(16,15(12)18)8-5-11-2-3-13(19)10-14(11)16/h2-3,10,12,15,19H,4-9,18H2,1H3/t12-,15-,16+,17+/m1/s1. The molecule has 1 aromatic carbocycles. The number of hydrogen-bond acceptors (Lipinski definition) is 2. The Morgan fingerprint density at radius 3 is 2.84 bits per heavy atom. The number of rotatable bonds is 0. The van der Waals surface area contributed by atoms with Crippen LogP contribution in [0.3, 0.4) is 0 Å². The molecule has 0 radical (unpaired) electrons. The van der Waals surface area contributed by atoms with Crippen LogP contribution in [0.4, 0.5) is 0 Å². The molecule has 1 spiro atoms. The molecule has 0 aromatic heterocycles. The Hall–Kier alpha value is -1.02. The van der Waals surface area contributed by atoms with Gasteiger partial charge in [-0.15, -0.1) is 0 Å². The van der Waals surface area contributed by atoms with Gasteiger partial charge in [0, 0.05) is 11.5 Å². The molecule has 4 rings (SSSR count). The van der Waals surface area contributed by atoms with E-state index in [1.807, 2.05) is 12.1 Å². The molecule has 2 heteroatoms. The van der Waals surface area contributed by atoms with E-state index < -0.39 is 0 Å². The van der Waals surface area contributed by atoms with E-state index in [4.69, 9.17) is 5.73 Å². The molecule has 0 saturated heterocycles. The second-order valence-corrected chi connectivity index (χ2v) is 7.19. The number of hydrogen-bond donors (Lipinski definition) is 2. The van der Waals surface area contributed by atoms with Crippen molar-refractivity contribution in [3.05, 3.63) is 29.3 Å². The molecule has 102 valence electrons. The van der Waals surface area contributed by atoms with Gasteiger partial charge in [0.15, 0.2) is 0 Å². The average molecular weight is 257 g/mol. The van der Waals surface area contributed by atoms with Crippen molar-refractivity contribution in [2.75, 3.05) is 0 Å². The van der Waals surface area contributed by atoms with E-state index in [0.29, 0.717) is 11.8 Å². The third-order valence-corrected chi connectivity index (χ3v) is 6.75. The summed E-state index contributed by atoms with van der Waals surface area (Å²) in [6.45, 7) is 2.41. The van der Waals surface area contributed by atoms with Gasteiger partial charge in [-0.05, 0) is 73.1 Å². The topological polar surface area (TPSA) is 46.2 Å². The maximum atomic E-state index is 9.89. The van der Waals surface area contributed by atoms with Crippen LogP contribution >= 0.6 is 0 Å². The van der Waals surface area contributed by atoms with Crippen LogP contribution in [0.25, 0.3) is 0 Å². The molecule has 4 atom stereocenters. The molecule has 0 unspecified atom stereocenters. The highest BCUT2D eigenvalue weighted by Gasteiger charge is 2.61. The van der Waals surface area contributed by atoms with Crippen LogP contribution in [0, 0.1) is 11.3 Å². The van der Waals surface area contributed by atoms with E-state index in [1.54, 1.807) is 0 Å². The zero-order chi connectivity index (χ0) is 13.3. The zero-order valence-corrected chi connectivity index (χ0v) is 11.7. The lowest BCUT2D eigenvalue weighted by molar-refractivity contribution is 0.0398. The maximum Gasteiger partial charge on any atom is 0.115 e. The van der Waals surface area contributed by atoms with Crippen molar-refractivity contribution in [2.24, 2.45) is 17.1 Å². The summed E-state index contributed by atoms with van der Waals surface area (Å²) in [6.07, 6.45) is 7.45. The van der Waals surface area contributed by atoms with Gasteiger partial charge in [0.25, 0.3) is 0 Å². The van der Waals surface area contributed by atoms with Gasteiger partial charge in [-0.2, -0.15) is 0 Å². The minimum Gasteiger partial charge on any atom is -0.508 e. The van der Waals surface area contributed by atoms with Crippen LogP contribution in [0.1, 0.15) is 50.2 Å². The highest BCUT2D eigenvalue weighted by atomic mass is 16.3. The predicted molar refractivity (Wildman–Crippen MR) is 76.1 cm³/mol. The van der Waals surface area contributed by atoms with Crippen LogP contribution in [0.5, 0.6) is 5.75 Å². The normalized spacial score (nSPS) is 43.7. The van der Waals surface area contributed by atoms with E-state index in [0.717, 1.165) is 12.3 Å². The van der Waals surface area contributed by atoms with Crippen LogP contribution in [0.2, 0.25) is 0 Å². The molecule has 2 fully saturated rings. The minimum absolute atomic E-state index is 0.172. The van der Waals surface area contributed by atoms with Gasteiger partial charge in [-0.3, -0.25) is 0 Å². The first-order chi connectivity index (χ1) is 9.07. The lowest BCUT2D eigenvalue weighted by Crippen LogP contribution is -2.58. The van der Waals surface area contributed by atoms with E-state index in [2.05, 4.69) is 13.0 Å². The van der Waals surface area contributed by atoms with Gasteiger partial charge < -0.3 is 10.8 Å². The Morgan fingerprint density at radius 2 is 2.00 bits per heavy atom. The molecule has 2 bridgehead atoms. The lowest BCUT2D eigenvalue weighted by atomic mass is 9.48. The summed E-state index contributed by atoms with van der Waals surface area (Å²) in [5.74, 6) is 1.15. The van der Waals surface area contributed by atoms with Crippen molar-refractivity contribution in [3.63, 3.8) is 0 Å². The molecule has 3 N–H and O–H groups in total. The van der Waals surface area contributed by atoms with Crippen molar-refractivity contribution < 1.29 is 5.11 Å². The van der Waals surface area contributed by atoms with Gasteiger partial charge in [-0.25, -0.2) is 0 Å². The van der Waals surface area contributed by atoms with Crippen LogP contribution in [-0.2, 0) is 11.8 Å². The monoisotopic (exact) mass is 257 g/mol. The summed E-state index contributed by atoms with van der Waals surface area (Å²) in [6, 6.07) is 6.33. The summed E-state index contributed by atoms with van der Waals surface area (Å²) in [5, 5.41) is 9.89. The van der Waals surface area contributed by atoms with Crippen molar-refractivity contribution >= 4 is 0 Å². The SMILES string of the molecule is C[C@@]12CC[C@@H]3CC[C@@]1(CCc1ccc(O)cc12)[C@@H]3N. The number of aromatic hydroxyl groups is 1. The van der Waals surface area contributed by atoms with E-state index in [-0.39, 0.29) is 10.8 Å². The predicted octanol–water partition coefficient (Wildman–Crippen LogP) is 3.11. The van der Waals surface area contributed by atoms with Gasteiger partial charge >= 0.3 is 0 Å². The van der Waals surface area contributed by atoms with Gasteiger partial charge in [0.05, 0.1) is 0 Å². The van der Waals surface area contributed by atoms with Crippen LogP contribution in [0.15, 0.2) is 18.2 Å². The number of benzene rings is 1. The molecule has 0 heterocycles. The Morgan fingerprint density at radius 1 is 1.21 bits per heavy atom. The minimum atomic E-state index is 0.172. The van der Waals surface area contributed by atoms with Gasteiger partial charge in [0.1, 0.15) is 5.75 Å². The van der Waals surface area contributed by atoms with E-state index in [1.165, 1.54) is 43.2 Å². The lowest BCUT2D eigenvalue weighted by Gasteiger charge is -2.57. The van der Waals surface area contributed by atoms with Crippen LogP contribution in [-0.4, -0.2) is 11.1 Å². The summed E-state index contributed by atoms with van der Waals surface area (Å²) < 4.78 is 0. The Balaban J connectivity index is 1.93. The Kier molecular flexibility index (Phi) is 2.20. The third-order valence-electron chi connectivity index (χ3n) is 6.75. The van der Waals surface area contributed by atoms with Crippen molar-refractivity contribution in [1.29, 1.82) is 0 Å².